The summed E-state index contributed by atoms with van der Waals surface area (Å²) in [4.78, 5) is 3.87. The predicted octanol–water partition coefficient (Wildman–Crippen LogP) is 3.64. The van der Waals surface area contributed by atoms with Gasteiger partial charge in [0.15, 0.2) is 5.82 Å². The molecule has 2 atom stereocenters. The van der Waals surface area contributed by atoms with Crippen LogP contribution in [0.1, 0.15) is 40.5 Å². The number of nitrogens with zero attached hydrogens (tertiary/aromatic N) is 1. The van der Waals surface area contributed by atoms with Crippen molar-refractivity contribution in [3.63, 3.8) is 0 Å². The maximum absolute atomic E-state index is 13.4. The molecule has 2 unspecified atom stereocenters. The zero-order chi connectivity index (χ0) is 13.7. The summed E-state index contributed by atoms with van der Waals surface area (Å²) >= 11 is 0. The Morgan fingerprint density at radius 2 is 1.83 bits per heavy atom. The van der Waals surface area contributed by atoms with E-state index >= 15 is 0 Å². The van der Waals surface area contributed by atoms with Crippen LogP contribution in [-0.4, -0.2) is 11.1 Å². The molecule has 0 amide bonds. The van der Waals surface area contributed by atoms with Gasteiger partial charge in [0, 0.05) is 6.07 Å². The average molecular weight is 254 g/mol. The van der Waals surface area contributed by atoms with Crippen molar-refractivity contribution >= 4 is 5.69 Å². The molecule has 1 saturated carbocycles. The summed E-state index contributed by atoms with van der Waals surface area (Å²) in [6.45, 7) is 8.39. The van der Waals surface area contributed by atoms with E-state index in [-0.39, 0.29) is 12.0 Å². The summed E-state index contributed by atoms with van der Waals surface area (Å²) in [6, 6.07) is 1.24. The van der Waals surface area contributed by atoms with E-state index < -0.39 is 5.82 Å². The molecule has 1 heterocycles. The van der Waals surface area contributed by atoms with Crippen molar-refractivity contribution in [1.82, 2.24) is 4.98 Å². The number of pyridine rings is 1. The Hall–Kier alpha value is -1.32. The van der Waals surface area contributed by atoms with Gasteiger partial charge in [-0.15, -0.1) is 0 Å². The van der Waals surface area contributed by atoms with Crippen LogP contribution in [0.15, 0.2) is 12.3 Å². The van der Waals surface area contributed by atoms with Crippen LogP contribution in [0.3, 0.4) is 0 Å². The Bertz CT molecular complexity index is 374. The third-order valence-corrected chi connectivity index (χ3v) is 3.35. The van der Waals surface area contributed by atoms with Crippen LogP contribution in [0, 0.1) is 17.7 Å². The van der Waals surface area contributed by atoms with Crippen molar-refractivity contribution < 1.29 is 9.13 Å². The second kappa shape index (κ2) is 6.57. The van der Waals surface area contributed by atoms with E-state index in [1.54, 1.807) is 0 Å². The van der Waals surface area contributed by atoms with Crippen LogP contribution < -0.4 is 10.5 Å². The summed E-state index contributed by atoms with van der Waals surface area (Å²) in [7, 11) is 0. The summed E-state index contributed by atoms with van der Waals surface area (Å²) in [5, 5.41) is 0. The second-order valence-electron chi connectivity index (χ2n) is 4.72. The molecule has 0 bridgehead atoms. The van der Waals surface area contributed by atoms with E-state index in [0.29, 0.717) is 17.5 Å². The molecule has 2 rings (SSSR count). The van der Waals surface area contributed by atoms with Gasteiger partial charge in [-0.25, -0.2) is 9.37 Å². The Balaban J connectivity index is 0.000000771. The number of ether oxygens (including phenoxy) is 1. The zero-order valence-corrected chi connectivity index (χ0v) is 11.6. The van der Waals surface area contributed by atoms with Crippen LogP contribution in [0.2, 0.25) is 0 Å². The number of rotatable bonds is 2. The lowest BCUT2D eigenvalue weighted by atomic mass is 10.0. The van der Waals surface area contributed by atoms with Gasteiger partial charge in [0.25, 0.3) is 5.88 Å². The quantitative estimate of drug-likeness (QED) is 0.876. The summed E-state index contributed by atoms with van der Waals surface area (Å²) < 4.78 is 19.0. The van der Waals surface area contributed by atoms with Crippen molar-refractivity contribution in [2.75, 3.05) is 5.73 Å². The molecular weight excluding hydrogens is 231 g/mol. The number of hydrogen-bond acceptors (Lipinski definition) is 3. The lowest BCUT2D eigenvalue weighted by Gasteiger charge is -2.13. The summed E-state index contributed by atoms with van der Waals surface area (Å²) in [5.74, 6) is 0.844. The smallest absolute Gasteiger partial charge is 0.250 e. The first-order chi connectivity index (χ1) is 8.56. The SMILES string of the molecule is CC.CC1CC(Oc2ncc(N)cc2F)CC1C. The fraction of sp³-hybridized carbons (Fsp3) is 0.643. The summed E-state index contributed by atoms with van der Waals surface area (Å²) in [5.41, 5.74) is 5.74. The van der Waals surface area contributed by atoms with Crippen molar-refractivity contribution in [3.8, 4) is 5.88 Å². The third-order valence-electron chi connectivity index (χ3n) is 3.35. The van der Waals surface area contributed by atoms with Crippen molar-refractivity contribution in [3.05, 3.63) is 18.1 Å². The molecule has 102 valence electrons. The fourth-order valence-corrected chi connectivity index (χ4v) is 2.17. The molecule has 0 aliphatic heterocycles. The van der Waals surface area contributed by atoms with Gasteiger partial charge in [0.1, 0.15) is 6.10 Å². The van der Waals surface area contributed by atoms with Gasteiger partial charge < -0.3 is 10.5 Å². The van der Waals surface area contributed by atoms with Gasteiger partial charge in [-0.1, -0.05) is 27.7 Å². The van der Waals surface area contributed by atoms with Crippen molar-refractivity contribution in [2.24, 2.45) is 11.8 Å². The molecule has 0 saturated heterocycles. The first kappa shape index (κ1) is 14.7. The molecule has 0 spiro atoms. The molecule has 2 N–H and O–H groups in total. The standard InChI is InChI=1S/C12H17FN2O.C2H6/c1-7-3-10(4-8(7)2)16-12-11(13)5-9(14)6-15-12;1-2/h5-8,10H,3-4,14H2,1-2H3;1-2H3. The molecule has 1 aromatic rings. The van der Waals surface area contributed by atoms with E-state index in [0.717, 1.165) is 12.8 Å². The van der Waals surface area contributed by atoms with Crippen LogP contribution in [0.5, 0.6) is 5.88 Å². The zero-order valence-electron chi connectivity index (χ0n) is 11.6. The highest BCUT2D eigenvalue weighted by Gasteiger charge is 2.30. The first-order valence-corrected chi connectivity index (χ1v) is 6.64. The largest absolute Gasteiger partial charge is 0.472 e. The maximum Gasteiger partial charge on any atom is 0.250 e. The van der Waals surface area contributed by atoms with Gasteiger partial charge in [-0.3, -0.25) is 0 Å². The maximum atomic E-state index is 13.4. The Labute approximate surface area is 109 Å². The minimum Gasteiger partial charge on any atom is -0.472 e. The number of nitrogen functional groups attached to an aromatic ring is 1. The highest BCUT2D eigenvalue weighted by molar-refractivity contribution is 5.37. The minimum atomic E-state index is -0.479. The molecule has 4 heteroatoms. The molecule has 1 aliphatic rings. The van der Waals surface area contributed by atoms with Crippen LogP contribution in [0.4, 0.5) is 10.1 Å². The van der Waals surface area contributed by atoms with Gasteiger partial charge in [0.2, 0.25) is 0 Å². The number of hydrogen-bond donors (Lipinski definition) is 1. The molecule has 18 heavy (non-hydrogen) atoms. The van der Waals surface area contributed by atoms with Crippen molar-refractivity contribution in [2.45, 2.75) is 46.6 Å². The lowest BCUT2D eigenvalue weighted by Crippen LogP contribution is -2.14. The molecule has 1 aromatic heterocycles. The predicted molar refractivity (Wildman–Crippen MR) is 71.9 cm³/mol. The van der Waals surface area contributed by atoms with E-state index in [9.17, 15) is 4.39 Å². The molecule has 1 fully saturated rings. The van der Waals surface area contributed by atoms with E-state index in [4.69, 9.17) is 10.5 Å². The molecule has 3 nitrogen and oxygen atoms in total. The highest BCUT2D eigenvalue weighted by atomic mass is 19.1. The van der Waals surface area contributed by atoms with E-state index in [1.165, 1.54) is 12.3 Å². The Kier molecular flexibility index (Phi) is 5.38. The molecule has 0 aromatic carbocycles. The van der Waals surface area contributed by atoms with Gasteiger partial charge in [0.05, 0.1) is 11.9 Å². The van der Waals surface area contributed by atoms with Gasteiger partial charge in [-0.2, -0.15) is 0 Å². The van der Waals surface area contributed by atoms with Gasteiger partial charge >= 0.3 is 0 Å². The number of anilines is 1. The van der Waals surface area contributed by atoms with E-state index in [2.05, 4.69) is 18.8 Å². The van der Waals surface area contributed by atoms with Crippen LogP contribution in [-0.2, 0) is 0 Å². The monoisotopic (exact) mass is 254 g/mol. The Morgan fingerprint density at radius 1 is 1.28 bits per heavy atom. The number of aromatic nitrogens is 1. The van der Waals surface area contributed by atoms with E-state index in [1.807, 2.05) is 13.8 Å². The normalized spacial score (nSPS) is 26.4. The molecule has 0 radical (unpaired) electrons. The second-order valence-corrected chi connectivity index (χ2v) is 4.72. The van der Waals surface area contributed by atoms with Crippen molar-refractivity contribution in [1.29, 1.82) is 0 Å². The topological polar surface area (TPSA) is 48.1 Å². The number of halogens is 1. The highest BCUT2D eigenvalue weighted by Crippen LogP contribution is 2.33. The first-order valence-electron chi connectivity index (χ1n) is 6.64. The molecule has 1 aliphatic carbocycles. The summed E-state index contributed by atoms with van der Waals surface area (Å²) in [6.07, 6.45) is 3.43. The fourth-order valence-electron chi connectivity index (χ4n) is 2.17. The van der Waals surface area contributed by atoms with Crippen LogP contribution >= 0.6 is 0 Å². The van der Waals surface area contributed by atoms with Crippen LogP contribution in [0.25, 0.3) is 0 Å². The minimum absolute atomic E-state index is 0.0699. The molecular formula is C14H23FN2O. The number of nitrogens with two attached hydrogens (primary N) is 1. The Morgan fingerprint density at radius 3 is 2.33 bits per heavy atom. The lowest BCUT2D eigenvalue weighted by molar-refractivity contribution is 0.185. The average Bonchev–Trinajstić information content (AvgIpc) is 2.65. The third kappa shape index (κ3) is 3.59. The van der Waals surface area contributed by atoms with Gasteiger partial charge in [-0.05, 0) is 24.7 Å².